The molecule has 1 heterocycles. The van der Waals surface area contributed by atoms with Crippen molar-refractivity contribution in [2.75, 3.05) is 40.4 Å². The molecule has 0 aliphatic carbocycles. The van der Waals surface area contributed by atoms with Gasteiger partial charge in [0.2, 0.25) is 0 Å². The van der Waals surface area contributed by atoms with Crippen LogP contribution in [0.1, 0.15) is 24.0 Å². The van der Waals surface area contributed by atoms with Gasteiger partial charge in [-0.15, -0.1) is 0 Å². The molecular weight excluding hydrogens is 399 g/mol. The first-order chi connectivity index (χ1) is 14.9. The first-order valence-corrected chi connectivity index (χ1v) is 10.7. The van der Waals surface area contributed by atoms with Crippen LogP contribution in [0.2, 0.25) is 0 Å². The van der Waals surface area contributed by atoms with Crippen molar-refractivity contribution in [3.63, 3.8) is 0 Å². The SMILES string of the molecule is COc1ccc(OC[C@@H](O)CN2CCC(O)CC2)c(CN(C)Cc2ccc(F)cc2)c1. The van der Waals surface area contributed by atoms with Crippen LogP contribution < -0.4 is 9.47 Å². The minimum absolute atomic E-state index is 0.195. The van der Waals surface area contributed by atoms with Gasteiger partial charge in [-0.3, -0.25) is 4.90 Å². The Bertz CT molecular complexity index is 810. The minimum atomic E-state index is -0.609. The fourth-order valence-electron chi connectivity index (χ4n) is 3.83. The molecule has 0 amide bonds. The third-order valence-electron chi connectivity index (χ3n) is 5.53. The Hall–Kier alpha value is -2.19. The third kappa shape index (κ3) is 7.47. The lowest BCUT2D eigenvalue weighted by molar-refractivity contribution is 0.0335. The fourth-order valence-corrected chi connectivity index (χ4v) is 3.83. The van der Waals surface area contributed by atoms with Crippen LogP contribution in [-0.2, 0) is 13.1 Å². The van der Waals surface area contributed by atoms with Crippen molar-refractivity contribution in [1.82, 2.24) is 9.80 Å². The van der Waals surface area contributed by atoms with Gasteiger partial charge in [0, 0.05) is 38.3 Å². The van der Waals surface area contributed by atoms with E-state index in [4.69, 9.17) is 9.47 Å². The van der Waals surface area contributed by atoms with Crippen molar-refractivity contribution in [2.45, 2.75) is 38.1 Å². The first kappa shape index (κ1) is 23.5. The molecule has 31 heavy (non-hydrogen) atoms. The Morgan fingerprint density at radius 3 is 2.52 bits per heavy atom. The van der Waals surface area contributed by atoms with E-state index >= 15 is 0 Å². The lowest BCUT2D eigenvalue weighted by Gasteiger charge is -2.31. The van der Waals surface area contributed by atoms with Gasteiger partial charge in [0.05, 0.1) is 13.2 Å². The molecule has 2 N–H and O–H groups in total. The summed E-state index contributed by atoms with van der Waals surface area (Å²) < 4.78 is 24.5. The normalized spacial score (nSPS) is 16.5. The van der Waals surface area contributed by atoms with E-state index in [9.17, 15) is 14.6 Å². The molecule has 0 radical (unpaired) electrons. The molecule has 2 aromatic rings. The third-order valence-corrected chi connectivity index (χ3v) is 5.53. The summed E-state index contributed by atoms with van der Waals surface area (Å²) >= 11 is 0. The fraction of sp³-hybridized carbons (Fsp3) is 0.500. The summed E-state index contributed by atoms with van der Waals surface area (Å²) in [6.07, 6.45) is 0.660. The molecule has 6 nitrogen and oxygen atoms in total. The number of aliphatic hydroxyl groups is 2. The molecule has 0 aromatic heterocycles. The number of methoxy groups -OCH3 is 1. The van der Waals surface area contributed by atoms with Crippen molar-refractivity contribution >= 4 is 0 Å². The quantitative estimate of drug-likeness (QED) is 0.602. The summed E-state index contributed by atoms with van der Waals surface area (Å²) in [5, 5.41) is 20.0. The van der Waals surface area contributed by atoms with Crippen LogP contribution in [0.5, 0.6) is 11.5 Å². The topological polar surface area (TPSA) is 65.4 Å². The summed E-state index contributed by atoms with van der Waals surface area (Å²) in [4.78, 5) is 4.27. The van der Waals surface area contributed by atoms with Crippen LogP contribution in [0, 0.1) is 5.82 Å². The zero-order valence-electron chi connectivity index (χ0n) is 18.3. The van der Waals surface area contributed by atoms with E-state index in [1.165, 1.54) is 12.1 Å². The number of benzene rings is 2. The van der Waals surface area contributed by atoms with E-state index in [2.05, 4.69) is 9.80 Å². The van der Waals surface area contributed by atoms with E-state index in [-0.39, 0.29) is 18.5 Å². The van der Waals surface area contributed by atoms with Crippen molar-refractivity contribution in [1.29, 1.82) is 0 Å². The van der Waals surface area contributed by atoms with Gasteiger partial charge in [-0.25, -0.2) is 4.39 Å². The number of β-amino-alcohol motifs (C(OH)–C–C–N with tert-alkyl or cyclic N) is 1. The number of ether oxygens (including phenoxy) is 2. The molecule has 1 aliphatic heterocycles. The van der Waals surface area contributed by atoms with Gasteiger partial charge in [0.25, 0.3) is 0 Å². The van der Waals surface area contributed by atoms with Crippen LogP contribution in [0.4, 0.5) is 4.39 Å². The second kappa shape index (κ2) is 11.4. The lowest BCUT2D eigenvalue weighted by atomic mass is 10.1. The Labute approximate surface area is 183 Å². The van der Waals surface area contributed by atoms with Gasteiger partial charge >= 0.3 is 0 Å². The summed E-state index contributed by atoms with van der Waals surface area (Å²) in [7, 11) is 3.62. The highest BCUT2D eigenvalue weighted by Gasteiger charge is 2.20. The predicted molar refractivity (Wildman–Crippen MR) is 118 cm³/mol. The van der Waals surface area contributed by atoms with Crippen LogP contribution in [0.15, 0.2) is 42.5 Å². The largest absolute Gasteiger partial charge is 0.497 e. The summed E-state index contributed by atoms with van der Waals surface area (Å²) in [5.74, 6) is 1.21. The molecule has 170 valence electrons. The average molecular weight is 433 g/mol. The standard InChI is InChI=1S/C24H33FN2O4/c1-26(14-18-3-5-20(25)6-4-18)15-19-13-23(30-2)7-8-24(19)31-17-22(29)16-27-11-9-21(28)10-12-27/h3-8,13,21-22,28-29H,9-12,14-17H2,1-2H3/t22-/m0/s1. The molecular formula is C24H33FN2O4. The van der Waals surface area contributed by atoms with Crippen molar-refractivity contribution in [2.24, 2.45) is 0 Å². The van der Waals surface area contributed by atoms with Crippen LogP contribution in [0.3, 0.4) is 0 Å². The van der Waals surface area contributed by atoms with E-state index in [0.29, 0.717) is 25.4 Å². The molecule has 0 unspecified atom stereocenters. The van der Waals surface area contributed by atoms with Gasteiger partial charge in [0.15, 0.2) is 0 Å². The average Bonchev–Trinajstić information content (AvgIpc) is 2.76. The van der Waals surface area contributed by atoms with Crippen molar-refractivity contribution in [3.05, 3.63) is 59.4 Å². The molecule has 1 fully saturated rings. The Kier molecular flexibility index (Phi) is 8.66. The highest BCUT2D eigenvalue weighted by molar-refractivity contribution is 5.40. The van der Waals surface area contributed by atoms with Gasteiger partial charge in [-0.1, -0.05) is 12.1 Å². The number of hydrogen-bond acceptors (Lipinski definition) is 6. The maximum absolute atomic E-state index is 13.1. The highest BCUT2D eigenvalue weighted by Crippen LogP contribution is 2.26. The summed E-state index contributed by atoms with van der Waals surface area (Å²) in [5.41, 5.74) is 1.98. The van der Waals surface area contributed by atoms with E-state index in [1.807, 2.05) is 25.2 Å². The summed E-state index contributed by atoms with van der Waals surface area (Å²) in [6.45, 7) is 3.59. The van der Waals surface area contributed by atoms with Crippen LogP contribution in [-0.4, -0.2) is 72.6 Å². The number of rotatable bonds is 10. The molecule has 7 heteroatoms. The Morgan fingerprint density at radius 2 is 1.84 bits per heavy atom. The van der Waals surface area contributed by atoms with Gasteiger partial charge < -0.3 is 24.6 Å². The predicted octanol–water partition coefficient (Wildman–Crippen LogP) is 2.66. The zero-order valence-corrected chi connectivity index (χ0v) is 18.3. The number of halogens is 1. The number of hydrogen-bond donors (Lipinski definition) is 2. The molecule has 1 aliphatic rings. The van der Waals surface area contributed by atoms with Crippen molar-refractivity contribution in [3.8, 4) is 11.5 Å². The molecule has 3 rings (SSSR count). The zero-order chi connectivity index (χ0) is 22.2. The van der Waals surface area contributed by atoms with Gasteiger partial charge in [-0.2, -0.15) is 0 Å². The van der Waals surface area contributed by atoms with E-state index < -0.39 is 6.10 Å². The lowest BCUT2D eigenvalue weighted by Crippen LogP contribution is -2.41. The maximum Gasteiger partial charge on any atom is 0.124 e. The molecule has 1 saturated heterocycles. The van der Waals surface area contributed by atoms with Crippen LogP contribution >= 0.6 is 0 Å². The number of piperidine rings is 1. The number of likely N-dealkylation sites (tertiary alicyclic amines) is 1. The van der Waals surface area contributed by atoms with Gasteiger partial charge in [-0.05, 0) is 55.8 Å². The molecule has 0 spiro atoms. The molecule has 0 saturated carbocycles. The van der Waals surface area contributed by atoms with Crippen molar-refractivity contribution < 1.29 is 24.1 Å². The summed E-state index contributed by atoms with van der Waals surface area (Å²) in [6, 6.07) is 12.1. The van der Waals surface area contributed by atoms with E-state index in [1.54, 1.807) is 19.2 Å². The Balaban J connectivity index is 1.57. The van der Waals surface area contributed by atoms with E-state index in [0.717, 1.165) is 42.8 Å². The molecule has 1 atom stereocenters. The minimum Gasteiger partial charge on any atom is -0.497 e. The number of aliphatic hydroxyl groups excluding tert-OH is 2. The monoisotopic (exact) mass is 432 g/mol. The second-order valence-electron chi connectivity index (χ2n) is 8.27. The first-order valence-electron chi connectivity index (χ1n) is 10.7. The maximum atomic E-state index is 13.1. The number of nitrogens with zero attached hydrogens (tertiary/aromatic N) is 2. The second-order valence-corrected chi connectivity index (χ2v) is 8.27. The molecule has 2 aromatic carbocycles. The van der Waals surface area contributed by atoms with Crippen LogP contribution in [0.25, 0.3) is 0 Å². The highest BCUT2D eigenvalue weighted by atomic mass is 19.1. The van der Waals surface area contributed by atoms with Gasteiger partial charge in [0.1, 0.15) is 30.0 Å². The molecule has 0 bridgehead atoms. The smallest absolute Gasteiger partial charge is 0.124 e. The Morgan fingerprint density at radius 1 is 1.13 bits per heavy atom.